The maximum Gasteiger partial charge on any atom is 0.292 e. The largest absolute Gasteiger partial charge is 0.392 e. The number of nitro groups is 1. The number of benzene rings is 2. The molecular formula is C16H17N3O4. The summed E-state index contributed by atoms with van der Waals surface area (Å²) in [7, 11) is 0. The van der Waals surface area contributed by atoms with Crippen molar-refractivity contribution in [3.63, 3.8) is 0 Å². The van der Waals surface area contributed by atoms with Crippen molar-refractivity contribution in [1.29, 1.82) is 0 Å². The number of rotatable bonds is 7. The molecule has 2 rings (SSSR count). The second kappa shape index (κ2) is 7.90. The summed E-state index contributed by atoms with van der Waals surface area (Å²) in [6, 6.07) is 13.4. The van der Waals surface area contributed by atoms with E-state index in [2.05, 4.69) is 10.6 Å². The van der Waals surface area contributed by atoms with Crippen LogP contribution in [-0.2, 0) is 17.9 Å². The van der Waals surface area contributed by atoms with Gasteiger partial charge in [0.15, 0.2) is 0 Å². The molecule has 0 unspecified atom stereocenters. The average molecular weight is 315 g/mol. The molecule has 0 aliphatic carbocycles. The zero-order valence-corrected chi connectivity index (χ0v) is 12.4. The van der Waals surface area contributed by atoms with Gasteiger partial charge in [0.2, 0.25) is 5.91 Å². The van der Waals surface area contributed by atoms with Crippen LogP contribution >= 0.6 is 0 Å². The maximum absolute atomic E-state index is 11.8. The van der Waals surface area contributed by atoms with E-state index in [1.165, 1.54) is 6.07 Å². The molecule has 0 atom stereocenters. The normalized spacial score (nSPS) is 10.1. The molecule has 1 amide bonds. The van der Waals surface area contributed by atoms with E-state index in [1.54, 1.807) is 36.4 Å². The number of nitrogens with zero attached hydrogens (tertiary/aromatic N) is 1. The van der Waals surface area contributed by atoms with Gasteiger partial charge in [-0.1, -0.05) is 36.4 Å². The van der Waals surface area contributed by atoms with Gasteiger partial charge in [-0.3, -0.25) is 14.9 Å². The van der Waals surface area contributed by atoms with Crippen molar-refractivity contribution in [3.05, 3.63) is 69.8 Å². The second-order valence-corrected chi connectivity index (χ2v) is 4.88. The number of aliphatic hydroxyl groups is 1. The molecule has 0 heterocycles. The van der Waals surface area contributed by atoms with E-state index in [0.29, 0.717) is 12.2 Å². The molecule has 0 saturated heterocycles. The summed E-state index contributed by atoms with van der Waals surface area (Å²) in [6.07, 6.45) is 0. The third-order valence-electron chi connectivity index (χ3n) is 3.20. The van der Waals surface area contributed by atoms with Crippen LogP contribution in [0, 0.1) is 10.1 Å². The minimum absolute atomic E-state index is 0.0545. The number of para-hydroxylation sites is 2. The summed E-state index contributed by atoms with van der Waals surface area (Å²) >= 11 is 0. The first-order valence-corrected chi connectivity index (χ1v) is 7.03. The molecule has 3 N–H and O–H groups in total. The number of anilines is 1. The van der Waals surface area contributed by atoms with Gasteiger partial charge < -0.3 is 15.7 Å². The van der Waals surface area contributed by atoms with E-state index in [0.717, 1.165) is 11.1 Å². The van der Waals surface area contributed by atoms with Crippen molar-refractivity contribution in [1.82, 2.24) is 5.32 Å². The standard InChI is InChI=1S/C16H17N3O4/c20-11-13-5-3-4-12(8-13)9-18-16(21)10-17-14-6-1-2-7-15(14)19(22)23/h1-8,17,20H,9-11H2,(H,18,21). The molecule has 0 aliphatic rings. The number of amides is 1. The molecule has 2 aromatic carbocycles. The number of aliphatic hydroxyl groups excluding tert-OH is 1. The van der Waals surface area contributed by atoms with Crippen LogP contribution in [0.1, 0.15) is 11.1 Å². The second-order valence-electron chi connectivity index (χ2n) is 4.88. The Morgan fingerprint density at radius 2 is 1.87 bits per heavy atom. The molecule has 0 bridgehead atoms. The minimum Gasteiger partial charge on any atom is -0.392 e. The van der Waals surface area contributed by atoms with Gasteiger partial charge in [0.25, 0.3) is 5.69 Å². The Morgan fingerprint density at radius 1 is 1.13 bits per heavy atom. The Balaban J connectivity index is 1.87. The molecule has 0 saturated carbocycles. The molecule has 23 heavy (non-hydrogen) atoms. The summed E-state index contributed by atoms with van der Waals surface area (Å²) in [5.74, 6) is -0.280. The Labute approximate surface area is 133 Å². The molecule has 7 nitrogen and oxygen atoms in total. The minimum atomic E-state index is -0.499. The smallest absolute Gasteiger partial charge is 0.292 e. The number of nitrogens with one attached hydrogen (secondary N) is 2. The van der Waals surface area contributed by atoms with E-state index in [4.69, 9.17) is 5.11 Å². The molecule has 0 radical (unpaired) electrons. The molecule has 7 heteroatoms. The zero-order chi connectivity index (χ0) is 16.7. The Hall–Kier alpha value is -2.93. The highest BCUT2D eigenvalue weighted by Gasteiger charge is 2.12. The summed E-state index contributed by atoms with van der Waals surface area (Å²) < 4.78 is 0. The van der Waals surface area contributed by atoms with Gasteiger partial charge >= 0.3 is 0 Å². The van der Waals surface area contributed by atoms with Crippen LogP contribution in [0.2, 0.25) is 0 Å². The van der Waals surface area contributed by atoms with Gasteiger partial charge in [-0.05, 0) is 17.2 Å². The first-order valence-electron chi connectivity index (χ1n) is 7.03. The van der Waals surface area contributed by atoms with E-state index in [1.807, 2.05) is 6.07 Å². The van der Waals surface area contributed by atoms with Crippen molar-refractivity contribution in [2.45, 2.75) is 13.2 Å². The lowest BCUT2D eigenvalue weighted by atomic mass is 10.1. The van der Waals surface area contributed by atoms with Gasteiger partial charge in [-0.2, -0.15) is 0 Å². The van der Waals surface area contributed by atoms with Crippen molar-refractivity contribution >= 4 is 17.3 Å². The van der Waals surface area contributed by atoms with Gasteiger partial charge in [0, 0.05) is 12.6 Å². The van der Waals surface area contributed by atoms with Crippen LogP contribution in [0.4, 0.5) is 11.4 Å². The summed E-state index contributed by atoms with van der Waals surface area (Å²) in [6.45, 7) is 0.205. The molecule has 0 fully saturated rings. The van der Waals surface area contributed by atoms with E-state index < -0.39 is 4.92 Å². The molecule has 120 valence electrons. The number of nitro benzene ring substituents is 1. The third-order valence-corrected chi connectivity index (χ3v) is 3.20. The lowest BCUT2D eigenvalue weighted by molar-refractivity contribution is -0.383. The van der Waals surface area contributed by atoms with Crippen LogP contribution in [0.5, 0.6) is 0 Å². The fraction of sp³-hybridized carbons (Fsp3) is 0.188. The summed E-state index contributed by atoms with van der Waals surface area (Å²) in [5.41, 5.74) is 1.87. The number of carbonyl (C=O) groups excluding carboxylic acids is 1. The monoisotopic (exact) mass is 315 g/mol. The number of hydrogen-bond donors (Lipinski definition) is 3. The Bertz CT molecular complexity index is 703. The summed E-state index contributed by atoms with van der Waals surface area (Å²) in [5, 5.41) is 25.4. The predicted octanol–water partition coefficient (Wildman–Crippen LogP) is 1.82. The highest BCUT2D eigenvalue weighted by molar-refractivity contribution is 5.81. The molecule has 0 aromatic heterocycles. The van der Waals surface area contributed by atoms with Crippen LogP contribution < -0.4 is 10.6 Å². The van der Waals surface area contributed by atoms with Gasteiger partial charge in [-0.15, -0.1) is 0 Å². The van der Waals surface area contributed by atoms with Gasteiger partial charge in [0.05, 0.1) is 18.1 Å². The maximum atomic E-state index is 11.8. The van der Waals surface area contributed by atoms with Crippen LogP contribution in [0.25, 0.3) is 0 Å². The van der Waals surface area contributed by atoms with Crippen molar-refractivity contribution < 1.29 is 14.8 Å². The fourth-order valence-electron chi connectivity index (χ4n) is 2.06. The molecule has 0 spiro atoms. The molecule has 2 aromatic rings. The lowest BCUT2D eigenvalue weighted by Crippen LogP contribution is -2.29. The van der Waals surface area contributed by atoms with Crippen LogP contribution in [-0.4, -0.2) is 22.5 Å². The lowest BCUT2D eigenvalue weighted by Gasteiger charge is -2.09. The Morgan fingerprint density at radius 3 is 2.61 bits per heavy atom. The van der Waals surface area contributed by atoms with Gasteiger partial charge in [-0.25, -0.2) is 0 Å². The van der Waals surface area contributed by atoms with E-state index >= 15 is 0 Å². The topological polar surface area (TPSA) is 104 Å². The van der Waals surface area contributed by atoms with Crippen molar-refractivity contribution in [2.75, 3.05) is 11.9 Å². The quantitative estimate of drug-likeness (QED) is 0.534. The Kier molecular flexibility index (Phi) is 5.65. The first-order chi connectivity index (χ1) is 11.1. The SMILES string of the molecule is O=C(CNc1ccccc1[N+](=O)[O-])NCc1cccc(CO)c1. The van der Waals surface area contributed by atoms with E-state index in [9.17, 15) is 14.9 Å². The zero-order valence-electron chi connectivity index (χ0n) is 12.4. The first kappa shape index (κ1) is 16.4. The van der Waals surface area contributed by atoms with Crippen molar-refractivity contribution in [3.8, 4) is 0 Å². The van der Waals surface area contributed by atoms with Crippen LogP contribution in [0.15, 0.2) is 48.5 Å². The predicted molar refractivity (Wildman–Crippen MR) is 85.8 cm³/mol. The van der Waals surface area contributed by atoms with Gasteiger partial charge in [0.1, 0.15) is 5.69 Å². The summed E-state index contributed by atoms with van der Waals surface area (Å²) in [4.78, 5) is 22.2. The number of carbonyl (C=O) groups is 1. The molecular weight excluding hydrogens is 298 g/mol. The number of hydrogen-bond acceptors (Lipinski definition) is 5. The fourth-order valence-corrected chi connectivity index (χ4v) is 2.06. The molecule has 0 aliphatic heterocycles. The third kappa shape index (κ3) is 4.79. The van der Waals surface area contributed by atoms with Crippen molar-refractivity contribution in [2.24, 2.45) is 0 Å². The average Bonchev–Trinajstić information content (AvgIpc) is 2.58. The van der Waals surface area contributed by atoms with E-state index in [-0.39, 0.29) is 24.7 Å². The van der Waals surface area contributed by atoms with Crippen LogP contribution in [0.3, 0.4) is 0 Å². The highest BCUT2D eigenvalue weighted by Crippen LogP contribution is 2.22. The highest BCUT2D eigenvalue weighted by atomic mass is 16.6.